The molecule has 38 heavy (non-hydrogen) atoms. The number of imide groups is 2. The number of likely N-dealkylation sites (N-methyl/N-ethyl adjacent to an activating group) is 1. The summed E-state index contributed by atoms with van der Waals surface area (Å²) in [5.74, 6) is 0.538. The van der Waals surface area contributed by atoms with E-state index in [-0.39, 0.29) is 42.2 Å². The lowest BCUT2D eigenvalue weighted by atomic mass is 10.2. The van der Waals surface area contributed by atoms with E-state index in [0.29, 0.717) is 39.4 Å². The van der Waals surface area contributed by atoms with Crippen LogP contribution in [0, 0.1) is 0 Å². The molecule has 2 fully saturated rings. The second kappa shape index (κ2) is 11.2. The summed E-state index contributed by atoms with van der Waals surface area (Å²) in [4.78, 5) is 55.5. The molecule has 0 saturated carbocycles. The van der Waals surface area contributed by atoms with E-state index >= 15 is 0 Å². The molecule has 0 N–H and O–H groups in total. The van der Waals surface area contributed by atoms with Crippen LogP contribution in [0.1, 0.15) is 11.1 Å². The monoisotopic (exact) mass is 571 g/mol. The second-order valence-corrected chi connectivity index (χ2v) is 11.1. The molecular weight excluding hydrogens is 550 g/mol. The third-order valence-electron chi connectivity index (χ3n) is 6.02. The number of benzene rings is 2. The van der Waals surface area contributed by atoms with Gasteiger partial charge in [-0.15, -0.1) is 0 Å². The van der Waals surface area contributed by atoms with Gasteiger partial charge >= 0.3 is 0 Å². The highest BCUT2D eigenvalue weighted by molar-refractivity contribution is 8.18. The normalized spacial score (nSPS) is 19.2. The van der Waals surface area contributed by atoms with Crippen molar-refractivity contribution >= 4 is 69.6 Å². The number of hydrogen-bond acceptors (Lipinski definition) is 9. The molecule has 2 aromatic rings. The Kier molecular flexibility index (Phi) is 7.80. The maximum absolute atomic E-state index is 12.9. The lowest BCUT2D eigenvalue weighted by Crippen LogP contribution is -2.40. The standard InChI is InChI=1S/C26H22ClN3O6S2/c1-28(8-10-29-23(31)21(37-25(29)33)13-16-2-5-18(27)6-3-16)9-11-30-24(32)22(38-26(30)34)14-17-4-7-19-20(12-17)36-15-35-19/h2-7,12-14H,8-11,15H2,1H3/b21-13-,22-14-. The molecule has 196 valence electrons. The lowest BCUT2D eigenvalue weighted by Gasteiger charge is -2.22. The molecule has 0 aromatic heterocycles. The van der Waals surface area contributed by atoms with Gasteiger partial charge in [0.05, 0.1) is 9.81 Å². The predicted molar refractivity (Wildman–Crippen MR) is 147 cm³/mol. The van der Waals surface area contributed by atoms with Gasteiger partial charge in [0.25, 0.3) is 22.3 Å². The van der Waals surface area contributed by atoms with Crippen molar-refractivity contribution in [2.45, 2.75) is 0 Å². The van der Waals surface area contributed by atoms with Crippen LogP contribution in [-0.2, 0) is 9.59 Å². The van der Waals surface area contributed by atoms with E-state index in [0.717, 1.165) is 34.7 Å². The van der Waals surface area contributed by atoms with Crippen molar-refractivity contribution in [2.24, 2.45) is 0 Å². The Morgan fingerprint density at radius 2 is 1.34 bits per heavy atom. The minimum atomic E-state index is -0.357. The molecule has 2 aromatic carbocycles. The van der Waals surface area contributed by atoms with Gasteiger partial charge < -0.3 is 14.4 Å². The molecule has 4 amide bonds. The summed E-state index contributed by atoms with van der Waals surface area (Å²) in [6.07, 6.45) is 3.33. The molecule has 9 nitrogen and oxygen atoms in total. The first kappa shape index (κ1) is 26.4. The molecule has 3 aliphatic heterocycles. The van der Waals surface area contributed by atoms with E-state index in [1.807, 2.05) is 11.9 Å². The summed E-state index contributed by atoms with van der Waals surface area (Å²) < 4.78 is 10.7. The Morgan fingerprint density at radius 3 is 1.95 bits per heavy atom. The van der Waals surface area contributed by atoms with Crippen LogP contribution in [0.3, 0.4) is 0 Å². The lowest BCUT2D eigenvalue weighted by molar-refractivity contribution is -0.123. The quantitative estimate of drug-likeness (QED) is 0.415. The summed E-state index contributed by atoms with van der Waals surface area (Å²) in [5, 5.41) is -0.0805. The van der Waals surface area contributed by atoms with Gasteiger partial charge in [0, 0.05) is 31.2 Å². The number of nitrogens with zero attached hydrogens (tertiary/aromatic N) is 3. The minimum absolute atomic E-state index is 0.156. The number of rotatable bonds is 8. The summed E-state index contributed by atoms with van der Waals surface area (Å²) in [6.45, 7) is 1.34. The van der Waals surface area contributed by atoms with Crippen LogP contribution >= 0.6 is 35.1 Å². The Balaban J connectivity index is 1.13. The van der Waals surface area contributed by atoms with Crippen LogP contribution in [0.5, 0.6) is 11.5 Å². The van der Waals surface area contributed by atoms with Crippen molar-refractivity contribution in [2.75, 3.05) is 40.0 Å². The minimum Gasteiger partial charge on any atom is -0.454 e. The van der Waals surface area contributed by atoms with Gasteiger partial charge in [0.15, 0.2) is 11.5 Å². The van der Waals surface area contributed by atoms with E-state index in [9.17, 15) is 19.2 Å². The first-order valence-electron chi connectivity index (χ1n) is 11.6. The van der Waals surface area contributed by atoms with Gasteiger partial charge in [-0.2, -0.15) is 0 Å². The molecule has 0 bridgehead atoms. The van der Waals surface area contributed by atoms with E-state index in [2.05, 4.69) is 0 Å². The highest BCUT2D eigenvalue weighted by Crippen LogP contribution is 2.36. The number of halogens is 1. The van der Waals surface area contributed by atoms with Gasteiger partial charge in [-0.1, -0.05) is 29.8 Å². The fourth-order valence-electron chi connectivity index (χ4n) is 3.90. The molecule has 12 heteroatoms. The van der Waals surface area contributed by atoms with Crippen LogP contribution in [0.15, 0.2) is 52.3 Å². The van der Waals surface area contributed by atoms with Crippen LogP contribution in [0.25, 0.3) is 12.2 Å². The number of thioether (sulfide) groups is 2. The number of hydrogen-bond donors (Lipinski definition) is 0. The average molecular weight is 572 g/mol. The zero-order valence-electron chi connectivity index (χ0n) is 20.2. The van der Waals surface area contributed by atoms with Crippen molar-refractivity contribution in [1.29, 1.82) is 0 Å². The first-order valence-corrected chi connectivity index (χ1v) is 13.6. The van der Waals surface area contributed by atoms with Crippen LogP contribution < -0.4 is 9.47 Å². The molecule has 0 unspecified atom stereocenters. The highest BCUT2D eigenvalue weighted by atomic mass is 35.5. The van der Waals surface area contributed by atoms with Crippen LogP contribution in [0.2, 0.25) is 5.02 Å². The summed E-state index contributed by atoms with van der Waals surface area (Å²) in [7, 11) is 1.81. The third-order valence-corrected chi connectivity index (χ3v) is 8.09. The highest BCUT2D eigenvalue weighted by Gasteiger charge is 2.36. The van der Waals surface area contributed by atoms with E-state index < -0.39 is 0 Å². The average Bonchev–Trinajstić information content (AvgIpc) is 3.54. The summed E-state index contributed by atoms with van der Waals surface area (Å²) >= 11 is 7.69. The van der Waals surface area contributed by atoms with Crippen molar-refractivity contribution in [3.8, 4) is 11.5 Å². The van der Waals surface area contributed by atoms with Crippen molar-refractivity contribution in [1.82, 2.24) is 14.7 Å². The molecule has 0 aliphatic carbocycles. The molecule has 0 spiro atoms. The molecule has 2 saturated heterocycles. The van der Waals surface area contributed by atoms with Crippen LogP contribution in [-0.4, -0.2) is 77.0 Å². The summed E-state index contributed by atoms with van der Waals surface area (Å²) in [6, 6.07) is 12.3. The summed E-state index contributed by atoms with van der Waals surface area (Å²) in [5.41, 5.74) is 1.51. The van der Waals surface area contributed by atoms with Crippen molar-refractivity contribution in [3.63, 3.8) is 0 Å². The fraction of sp³-hybridized carbons (Fsp3) is 0.231. The smallest absolute Gasteiger partial charge is 0.293 e. The van der Waals surface area contributed by atoms with E-state index in [1.54, 1.807) is 54.6 Å². The number of amides is 4. The number of carbonyl (C=O) groups excluding carboxylic acids is 4. The van der Waals surface area contributed by atoms with Gasteiger partial charge in [-0.05, 0) is 78.1 Å². The van der Waals surface area contributed by atoms with Crippen molar-refractivity contribution in [3.05, 3.63) is 68.4 Å². The van der Waals surface area contributed by atoms with E-state index in [1.165, 1.54) is 9.80 Å². The molecule has 0 atom stereocenters. The second-order valence-electron chi connectivity index (χ2n) is 8.63. The Morgan fingerprint density at radius 1 is 0.816 bits per heavy atom. The first-order chi connectivity index (χ1) is 18.3. The Bertz CT molecular complexity index is 1380. The number of fused-ring (bicyclic) bond motifs is 1. The molecule has 0 radical (unpaired) electrons. The fourth-order valence-corrected chi connectivity index (χ4v) is 5.76. The number of ether oxygens (including phenoxy) is 2. The van der Waals surface area contributed by atoms with Crippen molar-refractivity contribution < 1.29 is 28.7 Å². The van der Waals surface area contributed by atoms with Gasteiger partial charge in [0.2, 0.25) is 6.79 Å². The molecular formula is C26H22ClN3O6S2. The predicted octanol–water partition coefficient (Wildman–Crippen LogP) is 4.77. The molecule has 3 heterocycles. The Labute approximate surface area is 232 Å². The SMILES string of the molecule is CN(CCN1C(=O)S/C(=C\c2ccc(Cl)cc2)C1=O)CCN1C(=O)S/C(=C\c2ccc3c(c2)OCO3)C1=O. The zero-order chi connectivity index (χ0) is 26.8. The third kappa shape index (κ3) is 5.75. The van der Waals surface area contributed by atoms with Crippen LogP contribution in [0.4, 0.5) is 9.59 Å². The van der Waals surface area contributed by atoms with Gasteiger partial charge in [-0.3, -0.25) is 29.0 Å². The van der Waals surface area contributed by atoms with E-state index in [4.69, 9.17) is 21.1 Å². The maximum Gasteiger partial charge on any atom is 0.293 e. The largest absolute Gasteiger partial charge is 0.454 e. The maximum atomic E-state index is 12.9. The van der Waals surface area contributed by atoms with Gasteiger partial charge in [0.1, 0.15) is 0 Å². The zero-order valence-corrected chi connectivity index (χ0v) is 22.6. The Hall–Kier alpha value is -3.25. The topological polar surface area (TPSA) is 96.5 Å². The molecule has 3 aliphatic rings. The molecule has 5 rings (SSSR count). The number of carbonyl (C=O) groups is 4. The van der Waals surface area contributed by atoms with Gasteiger partial charge in [-0.25, -0.2) is 0 Å².